The minimum atomic E-state index is -8.97. The average molecular weight is 515 g/mol. The maximum atomic E-state index is 13.2. The van der Waals surface area contributed by atoms with Gasteiger partial charge in [-0.15, -0.1) is 0 Å². The second-order valence-electron chi connectivity index (χ2n) is 5.65. The first kappa shape index (κ1) is 29.6. The van der Waals surface area contributed by atoms with Crippen molar-refractivity contribution in [2.24, 2.45) is 0 Å². The van der Waals surface area contributed by atoms with E-state index in [1.54, 1.807) is 0 Å². The summed E-state index contributed by atoms with van der Waals surface area (Å²) in [6.07, 6.45) is -6.08. The summed E-state index contributed by atoms with van der Waals surface area (Å²) >= 11 is 0. The molecule has 0 saturated carbocycles. The fourth-order valence-electron chi connectivity index (χ4n) is 1.56. The first-order valence-electron chi connectivity index (χ1n) is 6.48. The summed E-state index contributed by atoms with van der Waals surface area (Å²) in [6.45, 7) is 0.826. The monoisotopic (exact) mass is 515 g/mol. The van der Waals surface area contributed by atoms with Crippen molar-refractivity contribution in [1.29, 1.82) is 0 Å². The van der Waals surface area contributed by atoms with Gasteiger partial charge < -0.3 is 0 Å². The Kier molecular flexibility index (Phi) is 6.73. The molecule has 0 atom stereocenters. The van der Waals surface area contributed by atoms with E-state index in [1.165, 1.54) is 0 Å². The van der Waals surface area contributed by atoms with Crippen LogP contribution in [0.3, 0.4) is 0 Å². The Morgan fingerprint density at radius 3 is 0.742 bits per heavy atom. The van der Waals surface area contributed by atoms with E-state index in [1.807, 2.05) is 0 Å². The van der Waals surface area contributed by atoms with Gasteiger partial charge in [-0.25, -0.2) is 8.78 Å². The Labute approximate surface area is 156 Å². The molecule has 0 aromatic carbocycles. The summed E-state index contributed by atoms with van der Waals surface area (Å²) in [7, 11) is 0. The normalized spacial score (nSPS) is 16.8. The Morgan fingerprint density at radius 1 is 0.355 bits per heavy atom. The van der Waals surface area contributed by atoms with Crippen molar-refractivity contribution in [3.8, 4) is 0 Å². The molecule has 0 amide bonds. The van der Waals surface area contributed by atoms with Gasteiger partial charge in [-0.2, -0.15) is 79.0 Å². The summed E-state index contributed by atoms with van der Waals surface area (Å²) in [5.41, 5.74) is 0. The van der Waals surface area contributed by atoms with Crippen LogP contribution in [0.1, 0.15) is 0 Å². The largest absolute Gasteiger partial charge is 0.385 e. The van der Waals surface area contributed by atoms with Crippen molar-refractivity contribution < 1.29 is 87.8 Å². The molecule has 0 heterocycles. The topological polar surface area (TPSA) is 0 Å². The molecule has 0 unspecified atom stereocenters. The van der Waals surface area contributed by atoms with Gasteiger partial charge in [-0.3, -0.25) is 0 Å². The van der Waals surface area contributed by atoms with Gasteiger partial charge in [0.2, 0.25) is 0 Å². The molecule has 31 heavy (non-hydrogen) atoms. The van der Waals surface area contributed by atoms with E-state index in [-0.39, 0.29) is 0 Å². The van der Waals surface area contributed by atoms with Crippen LogP contribution in [0.5, 0.6) is 0 Å². The smallest absolute Gasteiger partial charge is 0.203 e. The molecule has 20 heteroatoms. The molecule has 0 aliphatic rings. The molecule has 0 bridgehead atoms. The first-order valence-corrected chi connectivity index (χ1v) is 6.48. The SMILES string of the molecule is [CH2]C(F)(F)C(F)(F)C(F)(F)C(F)(F)C(F)(F)C(F)(F)C(F)(F)C(F)(F)C(F)(F)C(F)F. The molecule has 0 rings (SSSR count). The van der Waals surface area contributed by atoms with Crippen LogP contribution < -0.4 is 0 Å². The van der Waals surface area contributed by atoms with Crippen molar-refractivity contribution in [2.45, 2.75) is 59.7 Å². The van der Waals surface area contributed by atoms with Crippen molar-refractivity contribution in [2.75, 3.05) is 0 Å². The Hall–Kier alpha value is -1.40. The molecule has 0 spiro atoms. The van der Waals surface area contributed by atoms with E-state index in [2.05, 4.69) is 0 Å². The van der Waals surface area contributed by atoms with Crippen LogP contribution >= 0.6 is 0 Å². The van der Waals surface area contributed by atoms with Crippen LogP contribution in [-0.4, -0.2) is 59.7 Å². The summed E-state index contributed by atoms with van der Waals surface area (Å²) in [5, 5.41) is 0. The van der Waals surface area contributed by atoms with Gasteiger partial charge in [0.15, 0.2) is 0 Å². The molecule has 0 N–H and O–H groups in total. The third-order valence-corrected chi connectivity index (χ3v) is 3.52. The Morgan fingerprint density at radius 2 is 0.548 bits per heavy atom. The highest BCUT2D eigenvalue weighted by Gasteiger charge is 2.96. The number of hydrogen-bond donors (Lipinski definition) is 0. The zero-order valence-corrected chi connectivity index (χ0v) is 13.3. The Bertz CT molecular complexity index is 651. The zero-order valence-electron chi connectivity index (χ0n) is 13.3. The van der Waals surface area contributed by atoms with Gasteiger partial charge in [0.25, 0.3) is 0 Å². The van der Waals surface area contributed by atoms with E-state index in [0.29, 0.717) is 0 Å². The van der Waals surface area contributed by atoms with Crippen LogP contribution in [0, 0.1) is 6.92 Å². The van der Waals surface area contributed by atoms with Gasteiger partial charge in [-0.05, 0) is 0 Å². The molecular weight excluding hydrogens is 512 g/mol. The standard InChI is InChI=1S/C11H3F20/c1-3(14,15)5(18,19)7(22,23)9(26,27)11(30,31)10(28,29)8(24,25)6(20,21)4(16,17)2(12)13/h2H,1H2. The molecule has 187 valence electrons. The third-order valence-electron chi connectivity index (χ3n) is 3.52. The van der Waals surface area contributed by atoms with Crippen molar-refractivity contribution in [1.82, 2.24) is 0 Å². The van der Waals surface area contributed by atoms with Gasteiger partial charge in [0, 0.05) is 6.92 Å². The minimum absolute atomic E-state index is 0.826. The van der Waals surface area contributed by atoms with Gasteiger partial charge in [-0.1, -0.05) is 0 Å². The lowest BCUT2D eigenvalue weighted by Gasteiger charge is -2.44. The fourth-order valence-corrected chi connectivity index (χ4v) is 1.56. The van der Waals surface area contributed by atoms with Crippen molar-refractivity contribution in [3.05, 3.63) is 6.92 Å². The molecular formula is C11H3F20. The van der Waals surface area contributed by atoms with Crippen LogP contribution in [-0.2, 0) is 0 Å². The van der Waals surface area contributed by atoms with Crippen LogP contribution in [0.25, 0.3) is 0 Å². The summed E-state index contributed by atoms with van der Waals surface area (Å²) in [6, 6.07) is 0. The van der Waals surface area contributed by atoms with Gasteiger partial charge >= 0.3 is 59.7 Å². The van der Waals surface area contributed by atoms with Crippen LogP contribution in [0.15, 0.2) is 0 Å². The highest BCUT2D eigenvalue weighted by Crippen LogP contribution is 2.65. The fraction of sp³-hybridized carbons (Fsp3) is 0.909. The predicted molar refractivity (Wildman–Crippen MR) is 55.9 cm³/mol. The molecule has 1 radical (unpaired) electrons. The van der Waals surface area contributed by atoms with Gasteiger partial charge in [0.1, 0.15) is 0 Å². The van der Waals surface area contributed by atoms with E-state index >= 15 is 0 Å². The highest BCUT2D eigenvalue weighted by molar-refractivity contribution is 5.17. The van der Waals surface area contributed by atoms with E-state index in [9.17, 15) is 87.8 Å². The zero-order chi connectivity index (χ0) is 26.1. The molecule has 0 fully saturated rings. The maximum Gasteiger partial charge on any atom is 0.385 e. The summed E-state index contributed by atoms with van der Waals surface area (Å²) in [4.78, 5) is 0. The molecule has 0 aromatic heterocycles. The quantitative estimate of drug-likeness (QED) is 0.297. The molecule has 0 saturated heterocycles. The average Bonchev–Trinajstić information content (AvgIpc) is 2.52. The number of halogens is 20. The van der Waals surface area contributed by atoms with E-state index < -0.39 is 59.7 Å². The molecule has 0 aliphatic carbocycles. The molecule has 0 nitrogen and oxygen atoms in total. The minimum Gasteiger partial charge on any atom is -0.203 e. The number of rotatable bonds is 9. The third kappa shape index (κ3) is 3.45. The Balaban J connectivity index is 6.91. The molecule has 0 aromatic rings. The van der Waals surface area contributed by atoms with E-state index in [0.717, 1.165) is 6.92 Å². The van der Waals surface area contributed by atoms with Crippen LogP contribution in [0.4, 0.5) is 87.8 Å². The number of hydrogen-bond acceptors (Lipinski definition) is 0. The van der Waals surface area contributed by atoms with Gasteiger partial charge in [0.05, 0.1) is 0 Å². The van der Waals surface area contributed by atoms with E-state index in [4.69, 9.17) is 0 Å². The van der Waals surface area contributed by atoms with Crippen molar-refractivity contribution in [3.63, 3.8) is 0 Å². The van der Waals surface area contributed by atoms with Crippen LogP contribution in [0.2, 0.25) is 0 Å². The lowest BCUT2D eigenvalue weighted by molar-refractivity contribution is -0.463. The molecule has 0 aliphatic heterocycles. The summed E-state index contributed by atoms with van der Waals surface area (Å²) < 4.78 is 256. The summed E-state index contributed by atoms with van der Waals surface area (Å²) in [5.74, 6) is -74.7. The highest BCUT2D eigenvalue weighted by atomic mass is 19.4. The lowest BCUT2D eigenvalue weighted by Crippen LogP contribution is -2.76. The maximum absolute atomic E-state index is 13.2. The second kappa shape index (κ2) is 7.05. The predicted octanol–water partition coefficient (Wildman–Crippen LogP) is 6.80. The first-order chi connectivity index (χ1) is 12.9. The number of alkyl halides is 20. The van der Waals surface area contributed by atoms with Crippen molar-refractivity contribution >= 4 is 0 Å². The lowest BCUT2D eigenvalue weighted by atomic mass is 9.86. The second-order valence-corrected chi connectivity index (χ2v) is 5.65.